The molecule has 5 heteroatoms. The summed E-state index contributed by atoms with van der Waals surface area (Å²) in [7, 11) is 0. The molecule has 1 saturated heterocycles. The van der Waals surface area contributed by atoms with Crippen LogP contribution in [-0.4, -0.2) is 35.2 Å². The lowest BCUT2D eigenvalue weighted by Crippen LogP contribution is -2.43. The van der Waals surface area contributed by atoms with Gasteiger partial charge in [0.25, 0.3) is 0 Å². The Kier molecular flexibility index (Phi) is 5.30. The van der Waals surface area contributed by atoms with Gasteiger partial charge in [-0.15, -0.1) is 0 Å². The molecule has 1 heterocycles. The van der Waals surface area contributed by atoms with Crippen molar-refractivity contribution in [1.82, 2.24) is 4.90 Å². The van der Waals surface area contributed by atoms with Crippen LogP contribution in [0.25, 0.3) is 0 Å². The van der Waals surface area contributed by atoms with Crippen LogP contribution in [0.3, 0.4) is 0 Å². The van der Waals surface area contributed by atoms with Crippen LogP contribution in [0.4, 0.5) is 4.79 Å². The van der Waals surface area contributed by atoms with Gasteiger partial charge in [-0.2, -0.15) is 0 Å². The van der Waals surface area contributed by atoms with Crippen molar-refractivity contribution in [2.24, 2.45) is 17.3 Å². The fraction of sp³-hybridized carbons (Fsp3) is 0.600. The van der Waals surface area contributed by atoms with E-state index in [1.165, 1.54) is 0 Å². The number of amides is 1. The van der Waals surface area contributed by atoms with Crippen molar-refractivity contribution in [3.8, 4) is 0 Å². The molecule has 1 aromatic rings. The Balaban J connectivity index is 1.71. The second kappa shape index (κ2) is 7.46. The molecule has 1 aliphatic heterocycles. The maximum atomic E-state index is 12.5. The average molecular weight is 345 g/mol. The highest BCUT2D eigenvalue weighted by atomic mass is 16.6. The van der Waals surface area contributed by atoms with Crippen molar-refractivity contribution in [3.05, 3.63) is 35.9 Å². The van der Waals surface area contributed by atoms with E-state index in [-0.39, 0.29) is 18.6 Å². The molecule has 1 amide bonds. The van der Waals surface area contributed by atoms with E-state index in [1.54, 1.807) is 4.90 Å². The molecule has 1 saturated carbocycles. The van der Waals surface area contributed by atoms with Crippen LogP contribution < -0.4 is 0 Å². The first-order valence-corrected chi connectivity index (χ1v) is 9.25. The fourth-order valence-electron chi connectivity index (χ4n) is 4.82. The van der Waals surface area contributed by atoms with E-state index in [9.17, 15) is 14.7 Å². The quantitative estimate of drug-likeness (QED) is 0.898. The maximum Gasteiger partial charge on any atom is 0.410 e. The van der Waals surface area contributed by atoms with E-state index in [4.69, 9.17) is 4.74 Å². The van der Waals surface area contributed by atoms with Crippen molar-refractivity contribution in [3.63, 3.8) is 0 Å². The topological polar surface area (TPSA) is 66.8 Å². The van der Waals surface area contributed by atoms with Crippen molar-refractivity contribution in [2.75, 3.05) is 13.1 Å². The second-order valence-electron chi connectivity index (χ2n) is 7.40. The first-order chi connectivity index (χ1) is 12.1. The molecule has 2 aliphatic rings. The Morgan fingerprint density at radius 2 is 2.04 bits per heavy atom. The molecule has 1 N–H and O–H groups in total. The molecule has 136 valence electrons. The van der Waals surface area contributed by atoms with E-state index >= 15 is 0 Å². The van der Waals surface area contributed by atoms with Crippen LogP contribution in [0.5, 0.6) is 0 Å². The molecule has 0 bridgehead atoms. The Labute approximate surface area is 149 Å². The van der Waals surface area contributed by atoms with E-state index in [0.29, 0.717) is 12.5 Å². The van der Waals surface area contributed by atoms with Crippen LogP contribution in [0, 0.1) is 17.3 Å². The van der Waals surface area contributed by atoms with Gasteiger partial charge in [0, 0.05) is 18.5 Å². The molecule has 5 nitrogen and oxygen atoms in total. The van der Waals surface area contributed by atoms with E-state index < -0.39 is 18.0 Å². The first kappa shape index (κ1) is 17.8. The van der Waals surface area contributed by atoms with Crippen molar-refractivity contribution in [2.45, 2.75) is 45.6 Å². The number of carboxylic acids is 1. The molecule has 3 rings (SSSR count). The van der Waals surface area contributed by atoms with Gasteiger partial charge in [-0.3, -0.25) is 4.79 Å². The normalized spacial score (nSPS) is 28.9. The summed E-state index contributed by atoms with van der Waals surface area (Å²) >= 11 is 0. The number of carbonyl (C=O) groups excluding carboxylic acids is 1. The Morgan fingerprint density at radius 3 is 2.72 bits per heavy atom. The van der Waals surface area contributed by atoms with Gasteiger partial charge < -0.3 is 14.7 Å². The minimum atomic E-state index is -0.779. The summed E-state index contributed by atoms with van der Waals surface area (Å²) in [5.41, 5.74) is 0.647. The zero-order valence-electron chi connectivity index (χ0n) is 14.8. The summed E-state index contributed by atoms with van der Waals surface area (Å²) in [6.07, 6.45) is 4.74. The van der Waals surface area contributed by atoms with Crippen LogP contribution in [0.2, 0.25) is 0 Å². The predicted octanol–water partition coefficient (Wildman–Crippen LogP) is 3.93. The highest BCUT2D eigenvalue weighted by Gasteiger charge is 2.55. The van der Waals surface area contributed by atoms with Gasteiger partial charge >= 0.3 is 12.1 Å². The maximum absolute atomic E-state index is 12.5. The minimum absolute atomic E-state index is 0.220. The van der Waals surface area contributed by atoms with Crippen molar-refractivity contribution in [1.29, 1.82) is 0 Å². The molecule has 1 aromatic carbocycles. The van der Waals surface area contributed by atoms with Gasteiger partial charge in [-0.1, -0.05) is 56.5 Å². The average Bonchev–Trinajstić information content (AvgIpc) is 3.01. The first-order valence-electron chi connectivity index (χ1n) is 9.25. The van der Waals surface area contributed by atoms with Crippen LogP contribution in [-0.2, 0) is 16.1 Å². The van der Waals surface area contributed by atoms with Crippen LogP contribution in [0.15, 0.2) is 30.3 Å². The van der Waals surface area contributed by atoms with Gasteiger partial charge in [0.15, 0.2) is 0 Å². The summed E-state index contributed by atoms with van der Waals surface area (Å²) in [5.74, 6) is -0.894. The van der Waals surface area contributed by atoms with Gasteiger partial charge in [-0.05, 0) is 24.3 Å². The molecule has 1 aliphatic carbocycles. The van der Waals surface area contributed by atoms with Crippen molar-refractivity contribution >= 4 is 12.1 Å². The summed E-state index contributed by atoms with van der Waals surface area (Å²) in [5, 5.41) is 9.77. The molecule has 25 heavy (non-hydrogen) atoms. The molecule has 3 atom stereocenters. The highest BCUT2D eigenvalue weighted by Crippen LogP contribution is 2.52. The molecule has 1 spiro atoms. The number of benzene rings is 1. The Morgan fingerprint density at radius 1 is 1.28 bits per heavy atom. The van der Waals surface area contributed by atoms with Crippen LogP contribution in [0.1, 0.15) is 44.6 Å². The lowest BCUT2D eigenvalue weighted by Gasteiger charge is -2.43. The van der Waals surface area contributed by atoms with E-state index in [1.807, 2.05) is 30.3 Å². The Bertz CT molecular complexity index is 617. The van der Waals surface area contributed by atoms with Gasteiger partial charge in [-0.25, -0.2) is 4.79 Å². The minimum Gasteiger partial charge on any atom is -0.481 e. The zero-order chi connectivity index (χ0) is 17.9. The third-order valence-corrected chi connectivity index (χ3v) is 6.09. The van der Waals surface area contributed by atoms with E-state index in [0.717, 1.165) is 37.7 Å². The third kappa shape index (κ3) is 3.51. The predicted molar refractivity (Wildman–Crippen MR) is 94.0 cm³/mol. The monoisotopic (exact) mass is 345 g/mol. The summed E-state index contributed by atoms with van der Waals surface area (Å²) in [6.45, 7) is 3.13. The second-order valence-corrected chi connectivity index (χ2v) is 7.40. The van der Waals surface area contributed by atoms with Gasteiger partial charge in [0.2, 0.25) is 0 Å². The number of aliphatic carboxylic acids is 1. The number of hydrogen-bond acceptors (Lipinski definition) is 3. The number of carbonyl (C=O) groups is 2. The highest BCUT2D eigenvalue weighted by molar-refractivity contribution is 5.75. The smallest absolute Gasteiger partial charge is 0.410 e. The van der Waals surface area contributed by atoms with Gasteiger partial charge in [0.05, 0.1) is 5.92 Å². The lowest BCUT2D eigenvalue weighted by molar-refractivity contribution is -0.147. The largest absolute Gasteiger partial charge is 0.481 e. The third-order valence-electron chi connectivity index (χ3n) is 6.09. The lowest BCUT2D eigenvalue weighted by atomic mass is 9.60. The molecule has 0 aromatic heterocycles. The van der Waals surface area contributed by atoms with Crippen LogP contribution >= 0.6 is 0 Å². The summed E-state index contributed by atoms with van der Waals surface area (Å²) < 4.78 is 5.44. The zero-order valence-corrected chi connectivity index (χ0v) is 14.8. The Hall–Kier alpha value is -2.04. The molecule has 3 unspecified atom stereocenters. The molecular weight excluding hydrogens is 318 g/mol. The molecular formula is C20H27NO4. The fourth-order valence-corrected chi connectivity index (χ4v) is 4.82. The number of hydrogen-bond donors (Lipinski definition) is 1. The SMILES string of the molecule is CCC1CCCCC12CN(C(=O)OCc1ccccc1)CC2C(=O)O. The van der Waals surface area contributed by atoms with E-state index in [2.05, 4.69) is 6.92 Å². The number of ether oxygens (including phenoxy) is 1. The number of nitrogens with zero attached hydrogens (tertiary/aromatic N) is 1. The summed E-state index contributed by atoms with van der Waals surface area (Å²) in [4.78, 5) is 26.0. The van der Waals surface area contributed by atoms with Crippen molar-refractivity contribution < 1.29 is 19.4 Å². The number of carboxylic acid groups (broad SMARTS) is 1. The molecule has 0 radical (unpaired) electrons. The standard InChI is InChI=1S/C20H27NO4/c1-2-16-10-6-7-11-20(16)14-21(12-17(20)18(22)23)19(24)25-13-15-8-4-3-5-9-15/h3-5,8-9,16-17H,2,6-7,10-14H2,1H3,(H,22,23). The summed E-state index contributed by atoms with van der Waals surface area (Å²) in [6, 6.07) is 9.55. The number of likely N-dealkylation sites (tertiary alicyclic amines) is 1. The van der Waals surface area contributed by atoms with Gasteiger partial charge in [0.1, 0.15) is 6.61 Å². The molecule has 2 fully saturated rings. The number of rotatable bonds is 4.